The minimum atomic E-state index is -0.864. The van der Waals surface area contributed by atoms with Crippen molar-refractivity contribution in [2.24, 2.45) is 0 Å². The fraction of sp³-hybridized carbons (Fsp3) is 0.214. The second-order valence-corrected chi connectivity index (χ2v) is 13.7. The highest BCUT2D eigenvalue weighted by Crippen LogP contribution is 2.40. The second kappa shape index (κ2) is 17.3. The van der Waals surface area contributed by atoms with E-state index in [1.165, 1.54) is 7.11 Å². The van der Waals surface area contributed by atoms with E-state index in [1.54, 1.807) is 24.3 Å². The Morgan fingerprint density at radius 2 is 1.57 bits per heavy atom. The summed E-state index contributed by atoms with van der Waals surface area (Å²) in [6.45, 7) is 1.13. The minimum absolute atomic E-state index is 0. The molecule has 0 fully saturated rings. The quantitative estimate of drug-likeness (QED) is 0.137. The Bertz CT molecular complexity index is 2170. The predicted octanol–water partition coefficient (Wildman–Crippen LogP) is 7.96. The third-order valence-electron chi connectivity index (χ3n) is 9.39. The highest BCUT2D eigenvalue weighted by Gasteiger charge is 2.31. The van der Waals surface area contributed by atoms with Crippen molar-refractivity contribution in [1.82, 2.24) is 10.6 Å². The van der Waals surface area contributed by atoms with Gasteiger partial charge in [0.15, 0.2) is 17.6 Å². The van der Waals surface area contributed by atoms with E-state index in [4.69, 9.17) is 47.4 Å². The zero-order valence-corrected chi connectivity index (χ0v) is 31.5. The molecule has 2 N–H and O–H groups in total. The predicted molar refractivity (Wildman–Crippen MR) is 208 cm³/mol. The molecule has 0 aliphatic carbocycles. The lowest BCUT2D eigenvalue weighted by atomic mass is 9.94. The second-order valence-electron chi connectivity index (χ2n) is 12.9. The third-order valence-corrected chi connectivity index (χ3v) is 10.1. The van der Waals surface area contributed by atoms with Gasteiger partial charge in [-0.05, 0) is 93.9 Å². The molecule has 1 amide bonds. The number of ether oxygens (including phenoxy) is 4. The zero-order chi connectivity index (χ0) is 36.9. The van der Waals surface area contributed by atoms with Gasteiger partial charge in [0.25, 0.3) is 0 Å². The number of rotatable bonds is 10. The molecule has 0 radical (unpaired) electrons. The van der Waals surface area contributed by atoms with Crippen LogP contribution in [-0.2, 0) is 40.3 Å². The number of amides is 1. The number of carbonyl (C=O) groups is 2. The van der Waals surface area contributed by atoms with E-state index in [2.05, 4.69) is 16.7 Å². The molecular formula is C42H36Cl3N3O6. The fourth-order valence-electron chi connectivity index (χ4n) is 6.42. The molecule has 276 valence electrons. The molecule has 5 aromatic rings. The van der Waals surface area contributed by atoms with Gasteiger partial charge in [0, 0.05) is 13.0 Å². The van der Waals surface area contributed by atoms with Crippen molar-refractivity contribution in [3.63, 3.8) is 0 Å². The van der Waals surface area contributed by atoms with Crippen molar-refractivity contribution in [2.75, 3.05) is 13.7 Å². The highest BCUT2D eigenvalue weighted by atomic mass is 35.5. The van der Waals surface area contributed by atoms with Crippen LogP contribution in [0.1, 0.15) is 39.5 Å². The number of methoxy groups -OCH3 is 1. The summed E-state index contributed by atoms with van der Waals surface area (Å²) in [6, 6.07) is 32.8. The average molecular weight is 785 g/mol. The molecule has 2 aliphatic heterocycles. The van der Waals surface area contributed by atoms with Crippen molar-refractivity contribution in [1.29, 1.82) is 5.26 Å². The van der Waals surface area contributed by atoms with Crippen LogP contribution in [0.15, 0.2) is 103 Å². The molecule has 9 nitrogen and oxygen atoms in total. The number of halogens is 3. The fourth-order valence-corrected chi connectivity index (χ4v) is 6.74. The summed E-state index contributed by atoms with van der Waals surface area (Å²) < 4.78 is 23.5. The number of carbonyl (C=O) groups excluding carboxylic acids is 2. The van der Waals surface area contributed by atoms with Crippen LogP contribution in [0.25, 0.3) is 11.1 Å². The number of esters is 1. The molecule has 1 unspecified atom stereocenters. The SMILES string of the molecule is COC(=O)[C@H](Cc1ccc(-c2ccc(C#N)cc2)cc1)NC(=O)[C@@H]1Cc2cc3c(cc2CN1)OC(c1ccc(OCc2ccc(Cl)c(Cl)c2)cc1)CO3.Cl. The van der Waals surface area contributed by atoms with E-state index < -0.39 is 18.1 Å². The first kappa shape index (κ1) is 38.5. The Morgan fingerprint density at radius 1 is 0.889 bits per heavy atom. The Balaban J connectivity index is 0.00000497. The highest BCUT2D eigenvalue weighted by molar-refractivity contribution is 6.42. The van der Waals surface area contributed by atoms with Gasteiger partial charge >= 0.3 is 5.97 Å². The minimum Gasteiger partial charge on any atom is -0.489 e. The van der Waals surface area contributed by atoms with Gasteiger partial charge in [-0.15, -0.1) is 12.4 Å². The summed E-state index contributed by atoms with van der Waals surface area (Å²) in [5.41, 5.74) is 7.27. The van der Waals surface area contributed by atoms with E-state index in [0.29, 0.717) is 59.0 Å². The molecule has 2 heterocycles. The van der Waals surface area contributed by atoms with Gasteiger partial charge in [-0.25, -0.2) is 4.79 Å². The van der Waals surface area contributed by atoms with Crippen LogP contribution in [0, 0.1) is 11.3 Å². The van der Waals surface area contributed by atoms with E-state index in [1.807, 2.05) is 78.9 Å². The molecular weight excluding hydrogens is 749 g/mol. The number of hydrogen-bond donors (Lipinski definition) is 2. The maximum absolute atomic E-state index is 13.5. The zero-order valence-electron chi connectivity index (χ0n) is 29.1. The van der Waals surface area contributed by atoms with Crippen LogP contribution < -0.4 is 24.8 Å². The Hall–Kier alpha value is -5.24. The Morgan fingerprint density at radius 3 is 2.26 bits per heavy atom. The summed E-state index contributed by atoms with van der Waals surface area (Å²) in [7, 11) is 1.31. The summed E-state index contributed by atoms with van der Waals surface area (Å²) in [5.74, 6) is 1.16. The van der Waals surface area contributed by atoms with Crippen LogP contribution >= 0.6 is 35.6 Å². The van der Waals surface area contributed by atoms with Gasteiger partial charge in [-0.3, -0.25) is 4.79 Å². The van der Waals surface area contributed by atoms with Gasteiger partial charge in [0.05, 0.1) is 34.8 Å². The number of hydrogen-bond acceptors (Lipinski definition) is 8. The van der Waals surface area contributed by atoms with Crippen molar-refractivity contribution in [3.8, 4) is 34.4 Å². The van der Waals surface area contributed by atoms with Crippen LogP contribution in [0.2, 0.25) is 10.0 Å². The first-order valence-corrected chi connectivity index (χ1v) is 17.8. The van der Waals surface area contributed by atoms with Crippen molar-refractivity contribution in [3.05, 3.63) is 147 Å². The van der Waals surface area contributed by atoms with E-state index in [9.17, 15) is 9.59 Å². The van der Waals surface area contributed by atoms with Gasteiger partial charge < -0.3 is 29.6 Å². The molecule has 12 heteroatoms. The number of nitrogens with zero attached hydrogens (tertiary/aromatic N) is 1. The van der Waals surface area contributed by atoms with Crippen LogP contribution in [0.4, 0.5) is 0 Å². The molecule has 7 rings (SSSR count). The lowest BCUT2D eigenvalue weighted by molar-refractivity contribution is -0.145. The molecule has 0 saturated heterocycles. The molecule has 5 aromatic carbocycles. The van der Waals surface area contributed by atoms with Crippen LogP contribution in [0.3, 0.4) is 0 Å². The Kier molecular flexibility index (Phi) is 12.3. The van der Waals surface area contributed by atoms with Gasteiger partial charge in [0.2, 0.25) is 5.91 Å². The van der Waals surface area contributed by atoms with Crippen LogP contribution in [-0.4, -0.2) is 37.7 Å². The first-order valence-electron chi connectivity index (χ1n) is 17.1. The molecule has 0 saturated carbocycles. The van der Waals surface area contributed by atoms with Gasteiger partial charge in [-0.1, -0.05) is 77.8 Å². The molecule has 0 aromatic heterocycles. The average Bonchev–Trinajstić information content (AvgIpc) is 3.20. The van der Waals surface area contributed by atoms with Crippen molar-refractivity contribution >= 4 is 47.5 Å². The lowest BCUT2D eigenvalue weighted by Crippen LogP contribution is -2.53. The molecule has 2 aliphatic rings. The monoisotopic (exact) mass is 783 g/mol. The van der Waals surface area contributed by atoms with E-state index >= 15 is 0 Å². The standard InChI is InChI=1S/C42H35Cl2N3O6.ClH/c1-50-42(49)37(17-25-2-7-28(8-3-25)29-9-4-26(21-45)5-10-29)47-41(48)36-18-31-19-38-39(20-32(31)22-46-36)53-40(24-52-38)30-11-13-33(14-12-30)51-23-27-6-15-34(43)35(44)16-27;/h2-16,19-20,36-37,40,46H,17-18,22-24H2,1H3,(H,47,48);1H/t36-,37-,40?;/m0./s1. The van der Waals surface area contributed by atoms with Crippen LogP contribution in [0.5, 0.6) is 17.2 Å². The van der Waals surface area contributed by atoms with E-state index in [-0.39, 0.29) is 30.8 Å². The maximum Gasteiger partial charge on any atom is 0.328 e. The number of fused-ring (bicyclic) bond motifs is 2. The smallest absolute Gasteiger partial charge is 0.328 e. The largest absolute Gasteiger partial charge is 0.489 e. The topological polar surface area (TPSA) is 119 Å². The summed E-state index contributed by atoms with van der Waals surface area (Å²) in [5, 5.41) is 16.3. The third kappa shape index (κ3) is 8.92. The normalized spacial score (nSPS) is 16.1. The summed E-state index contributed by atoms with van der Waals surface area (Å²) in [4.78, 5) is 26.3. The van der Waals surface area contributed by atoms with Gasteiger partial charge in [-0.2, -0.15) is 5.26 Å². The first-order chi connectivity index (χ1) is 25.8. The molecule has 0 bridgehead atoms. The Labute approximate surface area is 329 Å². The number of nitriles is 1. The summed E-state index contributed by atoms with van der Waals surface area (Å²) in [6.07, 6.45) is 0.379. The maximum atomic E-state index is 13.5. The van der Waals surface area contributed by atoms with Crippen molar-refractivity contribution < 1.29 is 28.5 Å². The lowest BCUT2D eigenvalue weighted by Gasteiger charge is -2.31. The summed E-state index contributed by atoms with van der Waals surface area (Å²) >= 11 is 12.1. The number of nitrogens with one attached hydrogen (secondary N) is 2. The van der Waals surface area contributed by atoms with Gasteiger partial charge in [0.1, 0.15) is 25.0 Å². The molecule has 3 atom stereocenters. The van der Waals surface area contributed by atoms with Crippen molar-refractivity contribution in [2.45, 2.75) is 44.2 Å². The number of benzene rings is 5. The molecule has 54 heavy (non-hydrogen) atoms. The van der Waals surface area contributed by atoms with E-state index in [0.717, 1.165) is 38.9 Å². The molecule has 0 spiro atoms.